The molecule has 4 aliphatic heterocycles. The van der Waals surface area contributed by atoms with Crippen molar-refractivity contribution in [3.05, 3.63) is 209 Å². The molecule has 0 saturated carbocycles. The average molecular weight is 2020 g/mol. The molecule has 3 N–H and O–H groups in total. The Kier molecular flexibility index (Phi) is 65.6. The zero-order chi connectivity index (χ0) is 105. The highest BCUT2D eigenvalue weighted by atomic mass is 16.6. The summed E-state index contributed by atoms with van der Waals surface area (Å²) in [5.74, 6) is 4.23. The molecule has 4 aliphatic rings. The van der Waals surface area contributed by atoms with Crippen molar-refractivity contribution in [2.45, 2.75) is 138 Å². The van der Waals surface area contributed by atoms with Gasteiger partial charge < -0.3 is 107 Å². The van der Waals surface area contributed by atoms with Crippen molar-refractivity contribution in [2.75, 3.05) is 281 Å². The molecule has 4 saturated heterocycles. The van der Waals surface area contributed by atoms with Crippen molar-refractivity contribution in [1.82, 2.24) is 69.8 Å². The Hall–Kier alpha value is -11.1. The molecule has 0 atom stereocenters. The molecule has 0 bridgehead atoms. The maximum absolute atomic E-state index is 12.2. The van der Waals surface area contributed by atoms with Gasteiger partial charge >= 0.3 is 42.7 Å². The van der Waals surface area contributed by atoms with Crippen molar-refractivity contribution in [2.24, 2.45) is 0 Å². The van der Waals surface area contributed by atoms with Gasteiger partial charge in [0, 0.05) is 206 Å². The molecule has 806 valence electrons. The van der Waals surface area contributed by atoms with E-state index in [0.717, 1.165) is 228 Å². The molecule has 0 unspecified atom stereocenters. The summed E-state index contributed by atoms with van der Waals surface area (Å²) >= 11 is 0. The lowest BCUT2D eigenvalue weighted by molar-refractivity contribution is 0.0349. The van der Waals surface area contributed by atoms with E-state index in [4.69, 9.17) is 56.8 Å². The molecular formula is C112H174N14O19. The molecule has 0 spiro atoms. The smallest absolute Gasteiger partial charge is 0.410 e. The van der Waals surface area contributed by atoms with Crippen LogP contribution >= 0.6 is 0 Å². The number of carbonyl (C=O) groups is 7. The number of likely N-dealkylation sites (N-methyl/N-ethyl adjacent to an activating group) is 6. The fraction of sp³-hybridized carbons (Fsp3) is 0.562. The van der Waals surface area contributed by atoms with Gasteiger partial charge in [0.25, 0.3) is 0 Å². The van der Waals surface area contributed by atoms with E-state index in [1.54, 1.807) is 80.3 Å². The Morgan fingerprint density at radius 2 is 0.524 bits per heavy atom. The first-order valence-electron chi connectivity index (χ1n) is 52.0. The third kappa shape index (κ3) is 57.0. The molecule has 4 heterocycles. The van der Waals surface area contributed by atoms with E-state index < -0.39 is 12.2 Å². The van der Waals surface area contributed by atoms with Gasteiger partial charge in [-0.3, -0.25) is 19.6 Å². The highest BCUT2D eigenvalue weighted by molar-refractivity contribution is 5.74. The number of ether oxygens (including phenoxy) is 12. The van der Waals surface area contributed by atoms with E-state index >= 15 is 0 Å². The van der Waals surface area contributed by atoms with Gasteiger partial charge in [0.05, 0.1) is 46.2 Å². The second kappa shape index (κ2) is 76.5. The minimum absolute atomic E-state index is 0.284. The number of benzene rings is 7. The van der Waals surface area contributed by atoms with Crippen LogP contribution in [0.3, 0.4) is 0 Å². The minimum atomic E-state index is -0.448. The topological polar surface area (TPSA) is 302 Å². The van der Waals surface area contributed by atoms with Gasteiger partial charge in [0.2, 0.25) is 0 Å². The Bertz CT molecular complexity index is 4680. The van der Waals surface area contributed by atoms with Gasteiger partial charge in [-0.05, 0) is 197 Å². The molecule has 11 rings (SSSR count). The summed E-state index contributed by atoms with van der Waals surface area (Å²) in [5, 5.41) is 8.21. The van der Waals surface area contributed by atoms with Crippen LogP contribution in [0.25, 0.3) is 0 Å². The average Bonchev–Trinajstić information content (AvgIpc) is 0.863. The molecule has 7 aromatic rings. The number of hydrogen-bond donors (Lipinski definition) is 3. The zero-order valence-electron chi connectivity index (χ0n) is 90.4. The van der Waals surface area contributed by atoms with Crippen LogP contribution < -0.4 is 49.1 Å². The lowest BCUT2D eigenvalue weighted by Crippen LogP contribution is -2.47. The molecule has 0 aliphatic carbocycles. The molecule has 33 nitrogen and oxygen atoms in total. The van der Waals surface area contributed by atoms with Gasteiger partial charge in [-0.1, -0.05) is 178 Å². The van der Waals surface area contributed by atoms with Crippen molar-refractivity contribution in [1.29, 1.82) is 0 Å². The molecule has 145 heavy (non-hydrogen) atoms. The molecular weight excluding hydrogens is 1850 g/mol. The van der Waals surface area contributed by atoms with Gasteiger partial charge in [-0.15, -0.1) is 0 Å². The molecule has 7 amide bonds. The lowest BCUT2D eigenvalue weighted by atomic mass is 10.1. The quantitative estimate of drug-likeness (QED) is 0.0299. The van der Waals surface area contributed by atoms with Crippen molar-refractivity contribution >= 4 is 42.7 Å². The normalized spacial score (nSPS) is 13.8. The number of hydrogen-bond acceptors (Lipinski definition) is 26. The summed E-state index contributed by atoms with van der Waals surface area (Å²) in [6.07, 6.45) is 12.0. The molecule has 0 aromatic heterocycles. The first-order valence-corrected chi connectivity index (χ1v) is 52.0. The lowest BCUT2D eigenvalue weighted by Gasteiger charge is -2.33. The minimum Gasteiger partial charge on any atom is -0.410 e. The Morgan fingerprint density at radius 1 is 0.283 bits per heavy atom. The van der Waals surface area contributed by atoms with Crippen LogP contribution in [0.15, 0.2) is 170 Å². The zero-order valence-corrected chi connectivity index (χ0v) is 90.4. The van der Waals surface area contributed by atoms with Crippen LogP contribution in [-0.4, -0.2) is 377 Å². The first-order chi connectivity index (χ1) is 70.2. The molecule has 4 fully saturated rings. The van der Waals surface area contributed by atoms with E-state index in [9.17, 15) is 33.6 Å². The van der Waals surface area contributed by atoms with Gasteiger partial charge in [-0.25, -0.2) is 33.6 Å². The molecule has 7 aromatic carbocycles. The number of nitrogens with zero attached hydrogens (tertiary/aromatic N) is 11. The van der Waals surface area contributed by atoms with E-state index in [2.05, 4.69) is 132 Å². The van der Waals surface area contributed by atoms with E-state index in [1.165, 1.54) is 38.9 Å². The standard InChI is InChI=1S/C18H29N3O2.C17H27N3O2.C17H26N2O3.C16H24N2O3.C16H25NO4.C15H24N2O2.C13H19NO3/c1-4-6-16-7-5-8-17(15-16)23-18(22)20(3)11-14-21-12-9-19(2)10-13-21;1-3-5-15-6-4-7-16(14-15)22-17(21)18-8-9-20-12-10-19(2)11-13-20;1-3-5-15-6-4-7-16(14-15)22-17(20)18(2)8-9-19-10-12-21-13-11-19;1-2-4-14-5-3-6-15(13-14)21-16(19)17-7-8-18-9-11-20-12-10-18;1-4-6-14-7-5-8-15(13-14)21-16(18)17(9-11-19-2)10-12-20-3;1-5-7-13-8-6-9-14(12-13)19-15(18)17(4)11-10-16(2)3;1-3-5-11-6-4-7-12(10-11)17-13(15)14-8-9-16-2/h5,7-8,15H,4,6,9-14H2,1-3H3;4,6-7,14H,3,5,8-13H2,1-2H3,(H,18,21);4,6-7,14H,3,5,8-13H2,1-2H3;3,5-6,13H,2,4,7-12H2,1H3,(H,17,19);5,7-8,13H,4,6,9-12H2,1-3H3;6,8-9,12H,5,7,10-11H2,1-4H3;4,6-7,10H,3,5,8-9H2,1-2H3,(H,14,15). The summed E-state index contributed by atoms with van der Waals surface area (Å²) in [6.45, 7) is 40.7. The summed E-state index contributed by atoms with van der Waals surface area (Å²) < 4.78 is 62.9. The van der Waals surface area contributed by atoms with Crippen LogP contribution in [-0.2, 0) is 68.6 Å². The highest BCUT2D eigenvalue weighted by Gasteiger charge is 2.23. The van der Waals surface area contributed by atoms with Gasteiger partial charge in [0.15, 0.2) is 0 Å². The third-order valence-electron chi connectivity index (χ3n) is 23.6. The van der Waals surface area contributed by atoms with Crippen LogP contribution in [0.1, 0.15) is 132 Å². The van der Waals surface area contributed by atoms with E-state index in [-0.39, 0.29) is 30.5 Å². The van der Waals surface area contributed by atoms with Crippen molar-refractivity contribution in [3.63, 3.8) is 0 Å². The maximum atomic E-state index is 12.2. The van der Waals surface area contributed by atoms with E-state index in [1.807, 2.05) is 146 Å². The Labute approximate surface area is 866 Å². The number of amides is 7. The SMILES string of the molecule is CCCc1cccc(OC(=O)N(C)CCN(C)C)c1.CCCc1cccc(OC(=O)N(C)CCN2CCN(C)CC2)c1.CCCc1cccc(OC(=O)N(C)CCN2CCOCC2)c1.CCCc1cccc(OC(=O)N(CCOC)CCOC)c1.CCCc1cccc(OC(=O)NCCN2CCN(C)CC2)c1.CCCc1cccc(OC(=O)NCCN2CCOCC2)c1.CCCc1cccc(OC(=O)NCCOC)c1. The number of morpholine rings is 2. The maximum Gasteiger partial charge on any atom is 0.415 e. The number of rotatable bonds is 45. The Morgan fingerprint density at radius 3 is 0.793 bits per heavy atom. The second-order valence-corrected chi connectivity index (χ2v) is 36.4. The number of carbonyl (C=O) groups excluding carboxylic acids is 7. The molecule has 0 radical (unpaired) electrons. The van der Waals surface area contributed by atoms with Crippen LogP contribution in [0.2, 0.25) is 0 Å². The van der Waals surface area contributed by atoms with Gasteiger partial charge in [-0.2, -0.15) is 0 Å². The van der Waals surface area contributed by atoms with Crippen LogP contribution in [0.5, 0.6) is 40.2 Å². The largest absolute Gasteiger partial charge is 0.415 e. The predicted octanol–water partition coefficient (Wildman–Crippen LogP) is 16.5. The fourth-order valence-electron chi connectivity index (χ4n) is 15.1. The van der Waals surface area contributed by atoms with Crippen LogP contribution in [0.4, 0.5) is 33.6 Å². The number of methoxy groups -OCH3 is 3. The summed E-state index contributed by atoms with van der Waals surface area (Å²) in [4.78, 5) is 106. The first kappa shape index (κ1) is 124. The predicted molar refractivity (Wildman–Crippen MR) is 575 cm³/mol. The Balaban J connectivity index is 0.000000298. The fourth-order valence-corrected chi connectivity index (χ4v) is 15.1. The van der Waals surface area contributed by atoms with Gasteiger partial charge in [0.1, 0.15) is 40.2 Å². The summed E-state index contributed by atoms with van der Waals surface area (Å²) in [7, 11) is 18.4. The van der Waals surface area contributed by atoms with Crippen molar-refractivity contribution in [3.8, 4) is 40.2 Å². The monoisotopic (exact) mass is 2020 g/mol. The summed E-state index contributed by atoms with van der Waals surface area (Å²) in [5.41, 5.74) is 8.34. The van der Waals surface area contributed by atoms with Crippen LogP contribution in [0, 0.1) is 0 Å². The molecule has 33 heteroatoms. The number of aryl methyl sites for hydroxylation is 7. The van der Waals surface area contributed by atoms with Crippen molar-refractivity contribution < 1.29 is 90.4 Å². The summed E-state index contributed by atoms with van der Waals surface area (Å²) in [6, 6.07) is 53.9. The number of piperazine rings is 2. The van der Waals surface area contributed by atoms with E-state index in [0.29, 0.717) is 112 Å². The second-order valence-electron chi connectivity index (χ2n) is 36.4. The third-order valence-corrected chi connectivity index (χ3v) is 23.6. The number of nitrogens with one attached hydrogen (secondary N) is 3. The highest BCUT2D eigenvalue weighted by Crippen LogP contribution is 2.23.